The summed E-state index contributed by atoms with van der Waals surface area (Å²) < 4.78 is 13.4. The van der Waals surface area contributed by atoms with Gasteiger partial charge in [-0.3, -0.25) is 9.80 Å². The van der Waals surface area contributed by atoms with Crippen molar-refractivity contribution in [2.45, 2.75) is 12.8 Å². The van der Waals surface area contributed by atoms with Crippen molar-refractivity contribution in [1.82, 2.24) is 5.01 Å². The van der Waals surface area contributed by atoms with Crippen molar-refractivity contribution in [3.05, 3.63) is 34.6 Å². The lowest BCUT2D eigenvalue weighted by Gasteiger charge is -2.17. The summed E-state index contributed by atoms with van der Waals surface area (Å²) in [6.07, 6.45) is 0. The molecule has 0 bridgehead atoms. The van der Waals surface area contributed by atoms with Gasteiger partial charge in [0, 0.05) is 17.6 Å². The summed E-state index contributed by atoms with van der Waals surface area (Å²) in [6.45, 7) is 1.58. The molecule has 1 atom stereocenters. The number of nitrogens with two attached hydrogens (primary N) is 1. The molecule has 1 unspecified atom stereocenters. The van der Waals surface area contributed by atoms with E-state index in [9.17, 15) is 9.18 Å². The van der Waals surface area contributed by atoms with Gasteiger partial charge in [-0.25, -0.2) is 10.2 Å². The van der Waals surface area contributed by atoms with Crippen molar-refractivity contribution >= 4 is 17.5 Å². The maximum atomic E-state index is 13.4. The molecule has 1 aromatic rings. The van der Waals surface area contributed by atoms with E-state index in [2.05, 4.69) is 0 Å². The summed E-state index contributed by atoms with van der Waals surface area (Å²) in [5.74, 6) is 3.83. The average Bonchev–Trinajstić information content (AvgIpc) is 2.19. The van der Waals surface area contributed by atoms with Gasteiger partial charge in [-0.2, -0.15) is 0 Å². The standard InChI is InChI=1S/C10H12ClFN2O/c1-6(10(15)14(2)13)8-5-7(11)3-4-9(8)12/h3-6H,13H2,1-2H3. The highest BCUT2D eigenvalue weighted by Gasteiger charge is 2.20. The zero-order valence-corrected chi connectivity index (χ0v) is 9.25. The van der Waals surface area contributed by atoms with Crippen LogP contribution < -0.4 is 5.84 Å². The van der Waals surface area contributed by atoms with E-state index < -0.39 is 11.7 Å². The fraction of sp³-hybridized carbons (Fsp3) is 0.300. The van der Waals surface area contributed by atoms with E-state index >= 15 is 0 Å². The first-order valence-corrected chi connectivity index (χ1v) is 4.78. The van der Waals surface area contributed by atoms with Crippen LogP contribution in [0.4, 0.5) is 4.39 Å². The van der Waals surface area contributed by atoms with E-state index in [0.717, 1.165) is 5.01 Å². The van der Waals surface area contributed by atoms with E-state index in [1.54, 1.807) is 6.92 Å². The van der Waals surface area contributed by atoms with Crippen LogP contribution in [-0.2, 0) is 4.79 Å². The normalized spacial score (nSPS) is 12.3. The van der Waals surface area contributed by atoms with Crippen LogP contribution in [0.2, 0.25) is 5.02 Å². The fourth-order valence-electron chi connectivity index (χ4n) is 1.28. The van der Waals surface area contributed by atoms with Crippen molar-refractivity contribution in [3.8, 4) is 0 Å². The zero-order chi connectivity index (χ0) is 11.6. The topological polar surface area (TPSA) is 46.3 Å². The second kappa shape index (κ2) is 4.59. The second-order valence-electron chi connectivity index (χ2n) is 3.34. The van der Waals surface area contributed by atoms with E-state index in [0.29, 0.717) is 5.02 Å². The summed E-state index contributed by atoms with van der Waals surface area (Å²) in [5.41, 5.74) is 0.254. The van der Waals surface area contributed by atoms with Gasteiger partial charge in [0.05, 0.1) is 5.92 Å². The highest BCUT2D eigenvalue weighted by molar-refractivity contribution is 6.30. The van der Waals surface area contributed by atoms with Crippen molar-refractivity contribution in [3.63, 3.8) is 0 Å². The summed E-state index contributed by atoms with van der Waals surface area (Å²) in [7, 11) is 1.42. The number of hydrazine groups is 1. The molecule has 2 N–H and O–H groups in total. The Morgan fingerprint density at radius 2 is 2.20 bits per heavy atom. The molecule has 1 aromatic carbocycles. The molecule has 0 radical (unpaired) electrons. The van der Waals surface area contributed by atoms with Gasteiger partial charge in [0.2, 0.25) is 5.91 Å². The summed E-state index contributed by atoms with van der Waals surface area (Å²) >= 11 is 5.72. The Balaban J connectivity index is 3.05. The third-order valence-electron chi connectivity index (χ3n) is 2.14. The van der Waals surface area contributed by atoms with E-state index in [1.165, 1.54) is 25.2 Å². The molecule has 0 aliphatic rings. The van der Waals surface area contributed by atoms with Crippen LogP contribution in [0.3, 0.4) is 0 Å². The van der Waals surface area contributed by atoms with Gasteiger partial charge >= 0.3 is 0 Å². The predicted octanol–water partition coefficient (Wildman–Crippen LogP) is 1.91. The van der Waals surface area contributed by atoms with Crippen LogP contribution in [0.1, 0.15) is 18.4 Å². The molecule has 1 rings (SSSR count). The molecule has 0 aliphatic carbocycles. The van der Waals surface area contributed by atoms with Crippen molar-refractivity contribution in [2.24, 2.45) is 5.84 Å². The lowest BCUT2D eigenvalue weighted by molar-refractivity contribution is -0.131. The minimum atomic E-state index is -0.640. The molecule has 0 aromatic heterocycles. The first-order valence-electron chi connectivity index (χ1n) is 4.40. The predicted molar refractivity (Wildman–Crippen MR) is 56.8 cm³/mol. The van der Waals surface area contributed by atoms with Gasteiger partial charge in [-0.1, -0.05) is 11.6 Å². The minimum Gasteiger partial charge on any atom is -0.283 e. The number of hydrogen-bond acceptors (Lipinski definition) is 2. The smallest absolute Gasteiger partial charge is 0.243 e. The molecular weight excluding hydrogens is 219 g/mol. The second-order valence-corrected chi connectivity index (χ2v) is 3.77. The quantitative estimate of drug-likeness (QED) is 0.479. The van der Waals surface area contributed by atoms with E-state index in [1.807, 2.05) is 0 Å². The summed E-state index contributed by atoms with van der Waals surface area (Å²) in [6, 6.07) is 4.10. The molecule has 0 saturated heterocycles. The first kappa shape index (κ1) is 11.9. The maximum absolute atomic E-state index is 13.4. The van der Waals surface area contributed by atoms with Gasteiger partial charge < -0.3 is 0 Å². The number of halogens is 2. The Bertz CT molecular complexity index is 382. The van der Waals surface area contributed by atoms with Gasteiger partial charge in [0.1, 0.15) is 5.82 Å². The molecule has 0 aliphatic heterocycles. The number of likely N-dealkylation sites (N-methyl/N-ethyl adjacent to an activating group) is 1. The Kier molecular flexibility index (Phi) is 3.66. The minimum absolute atomic E-state index is 0.254. The number of rotatable bonds is 2. The number of amides is 1. The van der Waals surface area contributed by atoms with Crippen LogP contribution in [0.25, 0.3) is 0 Å². The fourth-order valence-corrected chi connectivity index (χ4v) is 1.47. The van der Waals surface area contributed by atoms with Crippen LogP contribution in [0.15, 0.2) is 18.2 Å². The molecule has 82 valence electrons. The molecular formula is C10H12ClFN2O. The molecule has 0 saturated carbocycles. The lowest BCUT2D eigenvalue weighted by atomic mass is 10.00. The number of nitrogens with zero attached hydrogens (tertiary/aromatic N) is 1. The van der Waals surface area contributed by atoms with E-state index in [-0.39, 0.29) is 11.5 Å². The average molecular weight is 231 g/mol. The maximum Gasteiger partial charge on any atom is 0.243 e. The molecule has 0 fully saturated rings. The van der Waals surface area contributed by atoms with Crippen LogP contribution in [-0.4, -0.2) is 18.0 Å². The largest absolute Gasteiger partial charge is 0.283 e. The number of carbonyl (C=O) groups excluding carboxylic acids is 1. The van der Waals surface area contributed by atoms with Crippen LogP contribution in [0, 0.1) is 5.82 Å². The Labute approximate surface area is 92.6 Å². The van der Waals surface area contributed by atoms with Crippen LogP contribution >= 0.6 is 11.6 Å². The highest BCUT2D eigenvalue weighted by Crippen LogP contribution is 2.23. The highest BCUT2D eigenvalue weighted by atomic mass is 35.5. The Morgan fingerprint density at radius 3 is 2.73 bits per heavy atom. The summed E-state index contributed by atoms with van der Waals surface area (Å²) in [4.78, 5) is 11.5. The van der Waals surface area contributed by atoms with Gasteiger partial charge in [-0.15, -0.1) is 0 Å². The lowest BCUT2D eigenvalue weighted by Crippen LogP contribution is -2.36. The number of benzene rings is 1. The van der Waals surface area contributed by atoms with Gasteiger partial charge in [-0.05, 0) is 25.1 Å². The Morgan fingerprint density at radius 1 is 1.60 bits per heavy atom. The van der Waals surface area contributed by atoms with Crippen LogP contribution in [0.5, 0.6) is 0 Å². The molecule has 0 spiro atoms. The third-order valence-corrected chi connectivity index (χ3v) is 2.38. The molecule has 0 heterocycles. The molecule has 15 heavy (non-hydrogen) atoms. The molecule has 1 amide bonds. The van der Waals surface area contributed by atoms with Crippen molar-refractivity contribution in [2.75, 3.05) is 7.05 Å². The number of hydrogen-bond donors (Lipinski definition) is 1. The molecule has 3 nitrogen and oxygen atoms in total. The van der Waals surface area contributed by atoms with Crippen molar-refractivity contribution in [1.29, 1.82) is 0 Å². The van der Waals surface area contributed by atoms with Gasteiger partial charge in [0.15, 0.2) is 0 Å². The van der Waals surface area contributed by atoms with Gasteiger partial charge in [0.25, 0.3) is 0 Å². The SMILES string of the molecule is CC(C(=O)N(C)N)c1cc(Cl)ccc1F. The summed E-state index contributed by atoms with van der Waals surface area (Å²) in [5, 5.41) is 1.33. The molecule has 5 heteroatoms. The van der Waals surface area contributed by atoms with Crippen molar-refractivity contribution < 1.29 is 9.18 Å². The van der Waals surface area contributed by atoms with E-state index in [4.69, 9.17) is 17.4 Å². The Hall–Kier alpha value is -1.13. The zero-order valence-electron chi connectivity index (χ0n) is 8.50. The first-order chi connectivity index (χ1) is 6.93. The third kappa shape index (κ3) is 2.67. The number of carbonyl (C=O) groups is 1. The monoisotopic (exact) mass is 230 g/mol.